The van der Waals surface area contributed by atoms with Crippen molar-refractivity contribution in [2.24, 2.45) is 5.92 Å². The molecule has 1 aromatic carbocycles. The normalized spacial score (nSPS) is 25.1. The maximum absolute atomic E-state index is 12.9. The molecule has 0 bridgehead atoms. The molecule has 0 spiro atoms. The van der Waals surface area contributed by atoms with E-state index in [1.165, 1.54) is 12.1 Å². The fraction of sp³-hybridized carbons (Fsp3) is 0.600. The van der Waals surface area contributed by atoms with Crippen molar-refractivity contribution in [3.05, 3.63) is 35.4 Å². The molecule has 0 amide bonds. The van der Waals surface area contributed by atoms with Crippen molar-refractivity contribution in [1.82, 2.24) is 0 Å². The highest BCUT2D eigenvalue weighted by atomic mass is 19.4. The molecule has 0 N–H and O–H groups in total. The van der Waals surface area contributed by atoms with Crippen molar-refractivity contribution >= 4 is 0 Å². The lowest BCUT2D eigenvalue weighted by molar-refractivity contribution is -0.138. The number of hydrogen-bond acceptors (Lipinski definition) is 0. The van der Waals surface area contributed by atoms with Crippen LogP contribution in [-0.2, 0) is 6.18 Å². The van der Waals surface area contributed by atoms with Gasteiger partial charge in [-0.3, -0.25) is 0 Å². The summed E-state index contributed by atoms with van der Waals surface area (Å²) in [5.41, 5.74) is 0.0597. The average Bonchev–Trinajstić information content (AvgIpc) is 2.38. The van der Waals surface area contributed by atoms with Gasteiger partial charge in [0.2, 0.25) is 0 Å². The third-order valence-electron chi connectivity index (χ3n) is 4.13. The van der Waals surface area contributed by atoms with Gasteiger partial charge < -0.3 is 0 Å². The van der Waals surface area contributed by atoms with E-state index in [1.807, 2.05) is 0 Å². The van der Waals surface area contributed by atoms with Gasteiger partial charge in [-0.25, -0.2) is 0 Å². The van der Waals surface area contributed by atoms with Gasteiger partial charge in [0.25, 0.3) is 0 Å². The first-order valence-corrected chi connectivity index (χ1v) is 6.68. The third kappa shape index (κ3) is 2.88. The molecular formula is C15H19F3. The molecule has 18 heavy (non-hydrogen) atoms. The Morgan fingerprint density at radius 1 is 1.06 bits per heavy atom. The summed E-state index contributed by atoms with van der Waals surface area (Å²) >= 11 is 0. The molecule has 0 radical (unpaired) electrons. The van der Waals surface area contributed by atoms with E-state index < -0.39 is 11.7 Å². The van der Waals surface area contributed by atoms with Crippen LogP contribution < -0.4 is 0 Å². The largest absolute Gasteiger partial charge is 0.416 e. The van der Waals surface area contributed by atoms with Crippen molar-refractivity contribution in [2.75, 3.05) is 0 Å². The molecule has 3 heteroatoms. The fourth-order valence-corrected chi connectivity index (χ4v) is 2.99. The standard InChI is InChI=1S/C15H19F3/c1-2-11-7-9-12(10-8-11)13-5-3-4-6-14(13)15(16,17)18/h3-6,11-12H,2,7-10H2,1H3. The van der Waals surface area contributed by atoms with Gasteiger partial charge in [0.1, 0.15) is 0 Å². The highest BCUT2D eigenvalue weighted by Crippen LogP contribution is 2.42. The minimum absolute atomic E-state index is 0.0885. The molecule has 2 rings (SSSR count). The molecule has 1 aliphatic rings. The van der Waals surface area contributed by atoms with Crippen LogP contribution >= 0.6 is 0 Å². The summed E-state index contributed by atoms with van der Waals surface area (Å²) in [5.74, 6) is 0.796. The highest BCUT2D eigenvalue weighted by Gasteiger charge is 2.35. The molecule has 0 heterocycles. The van der Waals surface area contributed by atoms with Gasteiger partial charge in [0.05, 0.1) is 5.56 Å². The Balaban J connectivity index is 2.19. The monoisotopic (exact) mass is 256 g/mol. The molecule has 0 nitrogen and oxygen atoms in total. The second-order valence-electron chi connectivity index (χ2n) is 5.21. The van der Waals surface area contributed by atoms with Crippen molar-refractivity contribution in [2.45, 2.75) is 51.1 Å². The van der Waals surface area contributed by atoms with Crippen LogP contribution in [0.2, 0.25) is 0 Å². The molecule has 0 saturated heterocycles. The van der Waals surface area contributed by atoms with E-state index >= 15 is 0 Å². The number of rotatable bonds is 2. The predicted molar refractivity (Wildman–Crippen MR) is 66.4 cm³/mol. The van der Waals surface area contributed by atoms with Crippen molar-refractivity contribution in [1.29, 1.82) is 0 Å². The van der Waals surface area contributed by atoms with E-state index in [2.05, 4.69) is 6.92 Å². The Hall–Kier alpha value is -0.990. The maximum Gasteiger partial charge on any atom is 0.416 e. The minimum atomic E-state index is -4.22. The van der Waals surface area contributed by atoms with Crippen LogP contribution in [0.3, 0.4) is 0 Å². The van der Waals surface area contributed by atoms with Gasteiger partial charge >= 0.3 is 6.18 Å². The zero-order valence-corrected chi connectivity index (χ0v) is 10.6. The fourth-order valence-electron chi connectivity index (χ4n) is 2.99. The molecule has 1 aromatic rings. The number of hydrogen-bond donors (Lipinski definition) is 0. The molecule has 1 saturated carbocycles. The van der Waals surface area contributed by atoms with Crippen LogP contribution in [0.1, 0.15) is 56.1 Å². The molecule has 1 aliphatic carbocycles. The first-order valence-electron chi connectivity index (χ1n) is 6.68. The van der Waals surface area contributed by atoms with Crippen molar-refractivity contribution in [3.63, 3.8) is 0 Å². The third-order valence-corrected chi connectivity index (χ3v) is 4.13. The Labute approximate surface area is 106 Å². The molecular weight excluding hydrogens is 237 g/mol. The first kappa shape index (κ1) is 13.4. The molecule has 0 aromatic heterocycles. The van der Waals surface area contributed by atoms with Crippen LogP contribution in [-0.4, -0.2) is 0 Å². The zero-order chi connectivity index (χ0) is 13.2. The molecule has 100 valence electrons. The van der Waals surface area contributed by atoms with E-state index in [4.69, 9.17) is 0 Å². The van der Waals surface area contributed by atoms with Gasteiger partial charge in [-0.15, -0.1) is 0 Å². The summed E-state index contributed by atoms with van der Waals surface area (Å²) in [7, 11) is 0. The second kappa shape index (κ2) is 5.33. The van der Waals surface area contributed by atoms with Gasteiger partial charge in [-0.05, 0) is 49.1 Å². The Kier molecular flexibility index (Phi) is 3.98. The van der Waals surface area contributed by atoms with Gasteiger partial charge in [0.15, 0.2) is 0 Å². The predicted octanol–water partition coefficient (Wildman–Crippen LogP) is 5.39. The summed E-state index contributed by atoms with van der Waals surface area (Å²) in [6, 6.07) is 6.06. The van der Waals surface area contributed by atoms with E-state index in [0.717, 1.165) is 32.1 Å². The van der Waals surface area contributed by atoms with Crippen LogP contribution in [0.25, 0.3) is 0 Å². The van der Waals surface area contributed by atoms with Crippen molar-refractivity contribution in [3.8, 4) is 0 Å². The molecule has 0 atom stereocenters. The minimum Gasteiger partial charge on any atom is -0.166 e. The van der Waals surface area contributed by atoms with Crippen LogP contribution in [0, 0.1) is 5.92 Å². The van der Waals surface area contributed by atoms with Crippen LogP contribution in [0.15, 0.2) is 24.3 Å². The molecule has 0 unspecified atom stereocenters. The first-order chi connectivity index (χ1) is 8.52. The lowest BCUT2D eigenvalue weighted by Gasteiger charge is -2.29. The number of halogens is 3. The van der Waals surface area contributed by atoms with E-state index in [-0.39, 0.29) is 5.92 Å². The van der Waals surface area contributed by atoms with Crippen LogP contribution in [0.5, 0.6) is 0 Å². The van der Waals surface area contributed by atoms with E-state index in [9.17, 15) is 13.2 Å². The molecule has 1 fully saturated rings. The van der Waals surface area contributed by atoms with E-state index in [0.29, 0.717) is 11.5 Å². The van der Waals surface area contributed by atoms with E-state index in [1.54, 1.807) is 12.1 Å². The average molecular weight is 256 g/mol. The van der Waals surface area contributed by atoms with Crippen molar-refractivity contribution < 1.29 is 13.2 Å². The van der Waals surface area contributed by atoms with Gasteiger partial charge in [-0.1, -0.05) is 31.5 Å². The summed E-state index contributed by atoms with van der Waals surface area (Å²) in [6.45, 7) is 2.16. The smallest absolute Gasteiger partial charge is 0.166 e. The Morgan fingerprint density at radius 2 is 1.67 bits per heavy atom. The highest BCUT2D eigenvalue weighted by molar-refractivity contribution is 5.33. The SMILES string of the molecule is CCC1CCC(c2ccccc2C(F)(F)F)CC1. The van der Waals surface area contributed by atoms with Gasteiger partial charge in [0, 0.05) is 0 Å². The Bertz CT molecular complexity index is 387. The van der Waals surface area contributed by atoms with Gasteiger partial charge in [-0.2, -0.15) is 13.2 Å². The zero-order valence-electron chi connectivity index (χ0n) is 10.6. The summed E-state index contributed by atoms with van der Waals surface area (Å²) in [6.07, 6.45) is 0.837. The lowest BCUT2D eigenvalue weighted by Crippen LogP contribution is -2.17. The maximum atomic E-state index is 12.9. The summed E-state index contributed by atoms with van der Waals surface area (Å²) in [5, 5.41) is 0. The number of benzene rings is 1. The van der Waals surface area contributed by atoms with Crippen LogP contribution in [0.4, 0.5) is 13.2 Å². The second-order valence-corrected chi connectivity index (χ2v) is 5.21. The summed E-state index contributed by atoms with van der Waals surface area (Å²) in [4.78, 5) is 0. The quantitative estimate of drug-likeness (QED) is 0.665. The molecule has 0 aliphatic heterocycles. The topological polar surface area (TPSA) is 0 Å². The Morgan fingerprint density at radius 3 is 2.22 bits per heavy atom. The lowest BCUT2D eigenvalue weighted by atomic mass is 9.76. The summed E-state index contributed by atoms with van der Waals surface area (Å²) < 4.78 is 38.8. The number of alkyl halides is 3.